The average Bonchev–Trinajstić information content (AvgIpc) is 2.78. The van der Waals surface area contributed by atoms with Gasteiger partial charge in [0.1, 0.15) is 23.3 Å². The molecule has 0 saturated heterocycles. The van der Waals surface area contributed by atoms with Crippen LogP contribution in [0.25, 0.3) is 0 Å². The summed E-state index contributed by atoms with van der Waals surface area (Å²) >= 11 is 0. The first-order valence-corrected chi connectivity index (χ1v) is 12.7. The van der Waals surface area contributed by atoms with Crippen molar-refractivity contribution in [3.8, 4) is 6.07 Å². The third kappa shape index (κ3) is 7.16. The predicted molar refractivity (Wildman–Crippen MR) is 124 cm³/mol. The van der Waals surface area contributed by atoms with E-state index in [2.05, 4.69) is 19.1 Å². The lowest BCUT2D eigenvalue weighted by Gasteiger charge is -2.29. The SMILES string of the molecule is CCCCCCC[C@H]1CC[C@H](/C=C/C2CCC(c3cc(F)c(C#N)c(F)c3)CC2)CC1. The largest absolute Gasteiger partial charge is 0.205 e. The van der Waals surface area contributed by atoms with Gasteiger partial charge in [-0.2, -0.15) is 5.26 Å². The maximum Gasteiger partial charge on any atom is 0.144 e. The number of unbranched alkanes of at least 4 members (excludes halogenated alkanes) is 4. The Morgan fingerprint density at radius 2 is 1.39 bits per heavy atom. The monoisotopic (exact) mass is 427 g/mol. The van der Waals surface area contributed by atoms with Crippen LogP contribution in [0, 0.1) is 40.7 Å². The van der Waals surface area contributed by atoms with E-state index in [9.17, 15) is 8.78 Å². The molecule has 0 radical (unpaired) electrons. The van der Waals surface area contributed by atoms with E-state index >= 15 is 0 Å². The van der Waals surface area contributed by atoms with E-state index in [-0.39, 0.29) is 5.92 Å². The summed E-state index contributed by atoms with van der Waals surface area (Å²) < 4.78 is 27.9. The highest BCUT2D eigenvalue weighted by Crippen LogP contribution is 2.38. The molecule has 2 aliphatic carbocycles. The van der Waals surface area contributed by atoms with Crippen molar-refractivity contribution in [1.82, 2.24) is 0 Å². The zero-order chi connectivity index (χ0) is 22.1. The van der Waals surface area contributed by atoms with E-state index in [4.69, 9.17) is 5.26 Å². The molecule has 0 bridgehead atoms. The quantitative estimate of drug-likeness (QED) is 0.285. The summed E-state index contributed by atoms with van der Waals surface area (Å²) in [6.07, 6.45) is 22.9. The van der Waals surface area contributed by atoms with E-state index in [1.54, 1.807) is 6.07 Å². The lowest BCUT2D eigenvalue weighted by molar-refractivity contribution is 0.287. The molecule has 3 heteroatoms. The lowest BCUT2D eigenvalue weighted by atomic mass is 9.76. The first-order valence-electron chi connectivity index (χ1n) is 12.7. The van der Waals surface area contributed by atoms with E-state index < -0.39 is 17.2 Å². The van der Waals surface area contributed by atoms with E-state index in [1.807, 2.05) is 0 Å². The van der Waals surface area contributed by atoms with Crippen molar-refractivity contribution in [2.45, 2.75) is 103 Å². The van der Waals surface area contributed by atoms with Gasteiger partial charge < -0.3 is 0 Å². The van der Waals surface area contributed by atoms with Gasteiger partial charge in [-0.25, -0.2) is 8.78 Å². The standard InChI is InChI=1S/C28H39F2N/c1-2-3-4-5-6-7-21-8-10-22(11-9-21)12-13-23-14-16-24(17-15-23)25-18-27(29)26(20-31)28(30)19-25/h12-13,18-19,21-24H,2-11,14-17H2,1H3/b13-12+/t21-,22-,23?,24?. The summed E-state index contributed by atoms with van der Waals surface area (Å²) in [5, 5.41) is 8.84. The Bertz CT molecular complexity index is 724. The Hall–Kier alpha value is -1.69. The average molecular weight is 428 g/mol. The van der Waals surface area contributed by atoms with E-state index in [0.717, 1.165) is 37.5 Å². The molecule has 31 heavy (non-hydrogen) atoms. The zero-order valence-corrected chi connectivity index (χ0v) is 19.2. The van der Waals surface area contributed by atoms with E-state index in [1.165, 1.54) is 76.3 Å². The number of nitriles is 1. The van der Waals surface area contributed by atoms with Crippen molar-refractivity contribution in [2.75, 3.05) is 0 Å². The van der Waals surface area contributed by atoms with Crippen LogP contribution in [-0.2, 0) is 0 Å². The molecule has 170 valence electrons. The maximum absolute atomic E-state index is 13.9. The molecular weight excluding hydrogens is 388 g/mol. The minimum Gasteiger partial charge on any atom is -0.205 e. The van der Waals surface area contributed by atoms with Gasteiger partial charge >= 0.3 is 0 Å². The first kappa shape index (κ1) is 24.0. The van der Waals surface area contributed by atoms with E-state index in [0.29, 0.717) is 11.5 Å². The Morgan fingerprint density at radius 3 is 1.94 bits per heavy atom. The van der Waals surface area contributed by atoms with Gasteiger partial charge in [0.05, 0.1) is 0 Å². The second kappa shape index (κ2) is 12.4. The molecule has 2 fully saturated rings. The highest BCUT2D eigenvalue weighted by atomic mass is 19.1. The predicted octanol–water partition coefficient (Wildman–Crippen LogP) is 8.83. The number of hydrogen-bond donors (Lipinski definition) is 0. The molecule has 1 nitrogen and oxygen atoms in total. The number of benzene rings is 1. The fourth-order valence-electron chi connectivity index (χ4n) is 5.60. The lowest BCUT2D eigenvalue weighted by Crippen LogP contribution is -2.15. The minimum atomic E-state index is -0.726. The van der Waals surface area contributed by atoms with Crippen LogP contribution in [0.5, 0.6) is 0 Å². The Kier molecular flexibility index (Phi) is 9.56. The molecule has 2 aliphatic rings. The normalized spacial score (nSPS) is 26.8. The molecule has 1 aromatic rings. The summed E-state index contributed by atoms with van der Waals surface area (Å²) in [6.45, 7) is 2.28. The third-order valence-corrected chi connectivity index (χ3v) is 7.68. The Labute approximate surface area is 187 Å². The highest BCUT2D eigenvalue weighted by molar-refractivity contribution is 5.36. The zero-order valence-electron chi connectivity index (χ0n) is 19.2. The molecule has 0 spiro atoms. The van der Waals surface area contributed by atoms with Crippen molar-refractivity contribution < 1.29 is 8.78 Å². The van der Waals surface area contributed by atoms with Crippen LogP contribution in [0.15, 0.2) is 24.3 Å². The van der Waals surface area contributed by atoms with Gasteiger partial charge in [0.2, 0.25) is 0 Å². The smallest absolute Gasteiger partial charge is 0.144 e. The fraction of sp³-hybridized carbons (Fsp3) is 0.679. The molecular formula is C28H39F2N. The molecule has 0 amide bonds. The summed E-state index contributed by atoms with van der Waals surface area (Å²) in [5.41, 5.74) is 0.246. The maximum atomic E-state index is 13.9. The number of allylic oxidation sites excluding steroid dienone is 2. The van der Waals surface area contributed by atoms with Gasteiger partial charge in [-0.15, -0.1) is 0 Å². The molecule has 0 N–H and O–H groups in total. The number of rotatable bonds is 9. The molecule has 0 aromatic heterocycles. The van der Waals surface area contributed by atoms with Crippen LogP contribution in [0.3, 0.4) is 0 Å². The van der Waals surface area contributed by atoms with Gasteiger partial charge in [-0.1, -0.05) is 57.6 Å². The van der Waals surface area contributed by atoms with Crippen molar-refractivity contribution in [3.05, 3.63) is 47.0 Å². The summed E-state index contributed by atoms with van der Waals surface area (Å²) in [6, 6.07) is 4.34. The van der Waals surface area contributed by atoms with Gasteiger partial charge in [-0.05, 0) is 92.7 Å². The van der Waals surface area contributed by atoms with Gasteiger partial charge in [0.25, 0.3) is 0 Å². The number of halogens is 2. The van der Waals surface area contributed by atoms with Crippen molar-refractivity contribution in [1.29, 1.82) is 5.26 Å². The van der Waals surface area contributed by atoms with Crippen molar-refractivity contribution >= 4 is 0 Å². The summed E-state index contributed by atoms with van der Waals surface area (Å²) in [4.78, 5) is 0. The Morgan fingerprint density at radius 1 is 0.839 bits per heavy atom. The summed E-state index contributed by atoms with van der Waals surface area (Å²) in [7, 11) is 0. The molecule has 0 heterocycles. The van der Waals surface area contributed by atoms with Crippen LogP contribution in [0.4, 0.5) is 8.78 Å². The van der Waals surface area contributed by atoms with Gasteiger partial charge in [0.15, 0.2) is 0 Å². The fourth-order valence-corrected chi connectivity index (χ4v) is 5.60. The first-order chi connectivity index (χ1) is 15.1. The van der Waals surface area contributed by atoms with Crippen LogP contribution in [-0.4, -0.2) is 0 Å². The second-order valence-electron chi connectivity index (χ2n) is 9.95. The Balaban J connectivity index is 1.37. The molecule has 0 aliphatic heterocycles. The topological polar surface area (TPSA) is 23.8 Å². The molecule has 0 unspecified atom stereocenters. The number of nitrogens with zero attached hydrogens (tertiary/aromatic N) is 1. The minimum absolute atomic E-state index is 0.203. The molecule has 3 rings (SSSR count). The van der Waals surface area contributed by atoms with Gasteiger partial charge in [0, 0.05) is 0 Å². The van der Waals surface area contributed by atoms with Crippen LogP contribution in [0.1, 0.15) is 114 Å². The highest BCUT2D eigenvalue weighted by Gasteiger charge is 2.24. The molecule has 1 aromatic carbocycles. The van der Waals surface area contributed by atoms with Gasteiger partial charge in [-0.3, -0.25) is 0 Å². The molecule has 2 saturated carbocycles. The molecule has 0 atom stereocenters. The third-order valence-electron chi connectivity index (χ3n) is 7.68. The van der Waals surface area contributed by atoms with Crippen LogP contribution in [0.2, 0.25) is 0 Å². The van der Waals surface area contributed by atoms with Crippen molar-refractivity contribution in [3.63, 3.8) is 0 Å². The number of hydrogen-bond acceptors (Lipinski definition) is 1. The van der Waals surface area contributed by atoms with Crippen molar-refractivity contribution in [2.24, 2.45) is 17.8 Å². The van der Waals surface area contributed by atoms with Crippen LogP contribution >= 0.6 is 0 Å². The second-order valence-corrected chi connectivity index (χ2v) is 9.95. The van der Waals surface area contributed by atoms with Crippen LogP contribution < -0.4 is 0 Å². The summed E-state index contributed by atoms with van der Waals surface area (Å²) in [5.74, 6) is 1.05.